The number of hydrogen-bond acceptors (Lipinski definition) is 6. The van der Waals surface area contributed by atoms with Gasteiger partial charge in [-0.05, 0) is 65.8 Å². The van der Waals surface area contributed by atoms with Crippen LogP contribution in [0.25, 0.3) is 11.3 Å². The van der Waals surface area contributed by atoms with Crippen molar-refractivity contribution in [1.29, 1.82) is 0 Å². The first kappa shape index (κ1) is 30.2. The molecule has 4 aromatic rings. The zero-order valence-corrected chi connectivity index (χ0v) is 25.7. The maximum Gasteiger partial charge on any atom is 0.293 e. The lowest BCUT2D eigenvalue weighted by Crippen LogP contribution is -2.25. The van der Waals surface area contributed by atoms with Crippen LogP contribution in [0.5, 0.6) is 0 Å². The van der Waals surface area contributed by atoms with Crippen LogP contribution in [0.3, 0.4) is 0 Å². The van der Waals surface area contributed by atoms with E-state index in [4.69, 9.17) is 9.72 Å². The maximum absolute atomic E-state index is 13.1. The van der Waals surface area contributed by atoms with Crippen molar-refractivity contribution in [2.24, 2.45) is 7.05 Å². The number of nitrogens with one attached hydrogen (secondary N) is 2. The number of rotatable bonds is 7. The van der Waals surface area contributed by atoms with Gasteiger partial charge >= 0.3 is 0 Å². The number of carbonyl (C=O) groups is 1. The standard InChI is InChI=1S/C35H41N5O3/c1-24-29(8-6-9-30(24)38-33(41)26-12-14-27(15-13-26)35(2,3)4)31-23-39(5)34(42)32(37-31)36-28-16-10-25(11-17-28)22-40-18-7-20-43-21-19-40/h6,8-17,23H,7,18-22H2,1-5H3,(H,36,37)(H,38,41). The Hall–Kier alpha value is -4.27. The van der Waals surface area contributed by atoms with Crippen LogP contribution >= 0.6 is 0 Å². The summed E-state index contributed by atoms with van der Waals surface area (Å²) in [5, 5.41) is 6.27. The fourth-order valence-electron chi connectivity index (χ4n) is 5.23. The predicted octanol–water partition coefficient (Wildman–Crippen LogP) is 6.27. The molecule has 8 nitrogen and oxygen atoms in total. The van der Waals surface area contributed by atoms with Gasteiger partial charge in [-0.2, -0.15) is 0 Å². The topological polar surface area (TPSA) is 88.5 Å². The summed E-state index contributed by atoms with van der Waals surface area (Å²) in [4.78, 5) is 33.2. The van der Waals surface area contributed by atoms with E-state index in [0.717, 1.165) is 56.1 Å². The van der Waals surface area contributed by atoms with E-state index >= 15 is 0 Å². The molecule has 3 aromatic carbocycles. The van der Waals surface area contributed by atoms with Crippen molar-refractivity contribution in [2.75, 3.05) is 36.9 Å². The molecule has 0 aliphatic carbocycles. The monoisotopic (exact) mass is 579 g/mol. The molecule has 1 fully saturated rings. The largest absolute Gasteiger partial charge is 0.380 e. The zero-order chi connectivity index (χ0) is 30.6. The molecule has 1 aromatic heterocycles. The molecule has 0 atom stereocenters. The van der Waals surface area contributed by atoms with E-state index in [1.807, 2.05) is 61.5 Å². The maximum atomic E-state index is 13.1. The first-order valence-electron chi connectivity index (χ1n) is 14.8. The normalized spacial score (nSPS) is 14.3. The first-order chi connectivity index (χ1) is 20.6. The van der Waals surface area contributed by atoms with Crippen LogP contribution in [0.2, 0.25) is 0 Å². The summed E-state index contributed by atoms with van der Waals surface area (Å²) in [6.45, 7) is 12.8. The predicted molar refractivity (Wildman–Crippen MR) is 173 cm³/mol. The van der Waals surface area contributed by atoms with Gasteiger partial charge in [-0.3, -0.25) is 14.5 Å². The molecule has 0 radical (unpaired) electrons. The van der Waals surface area contributed by atoms with E-state index in [9.17, 15) is 9.59 Å². The van der Waals surface area contributed by atoms with Gasteiger partial charge in [0.05, 0.1) is 12.3 Å². The molecule has 0 unspecified atom stereocenters. The van der Waals surface area contributed by atoms with Crippen molar-refractivity contribution < 1.29 is 9.53 Å². The first-order valence-corrected chi connectivity index (χ1v) is 14.8. The molecule has 2 heterocycles. The Labute approximate surface area is 253 Å². The molecule has 1 aliphatic rings. The van der Waals surface area contributed by atoms with Crippen molar-refractivity contribution in [2.45, 2.75) is 46.1 Å². The fourth-order valence-corrected chi connectivity index (χ4v) is 5.23. The van der Waals surface area contributed by atoms with Gasteiger partial charge in [0.25, 0.3) is 11.5 Å². The minimum Gasteiger partial charge on any atom is -0.380 e. The summed E-state index contributed by atoms with van der Waals surface area (Å²) in [6.07, 6.45) is 2.77. The molecule has 0 spiro atoms. The molecule has 0 bridgehead atoms. The van der Waals surface area contributed by atoms with Crippen LogP contribution in [-0.2, 0) is 23.7 Å². The number of benzene rings is 3. The quantitative estimate of drug-likeness (QED) is 0.268. The number of ether oxygens (including phenoxy) is 1. The van der Waals surface area contributed by atoms with Crippen molar-refractivity contribution in [3.05, 3.63) is 106 Å². The van der Waals surface area contributed by atoms with Gasteiger partial charge in [0, 0.05) is 62.0 Å². The van der Waals surface area contributed by atoms with Gasteiger partial charge in [-0.1, -0.05) is 57.2 Å². The van der Waals surface area contributed by atoms with Gasteiger partial charge in [0.15, 0.2) is 5.82 Å². The SMILES string of the molecule is Cc1c(NC(=O)c2ccc(C(C)(C)C)cc2)cccc1-c1cn(C)c(=O)c(Nc2ccc(CN3CCCOCC3)cc2)n1. The molecular weight excluding hydrogens is 538 g/mol. The number of aromatic nitrogens is 2. The third kappa shape index (κ3) is 7.39. The van der Waals surface area contributed by atoms with Gasteiger partial charge in [-0.15, -0.1) is 0 Å². The molecule has 0 saturated carbocycles. The average Bonchev–Trinajstić information content (AvgIpc) is 3.26. The molecule has 1 amide bonds. The van der Waals surface area contributed by atoms with Gasteiger partial charge in [-0.25, -0.2) is 4.98 Å². The zero-order valence-electron chi connectivity index (χ0n) is 25.7. The van der Waals surface area contributed by atoms with Crippen LogP contribution < -0.4 is 16.2 Å². The Morgan fingerprint density at radius 3 is 2.44 bits per heavy atom. The van der Waals surface area contributed by atoms with Gasteiger partial charge in [0.1, 0.15) is 0 Å². The summed E-state index contributed by atoms with van der Waals surface area (Å²) in [5.41, 5.74) is 6.58. The van der Waals surface area contributed by atoms with Gasteiger partial charge in [0.2, 0.25) is 0 Å². The molecule has 8 heteroatoms. The highest BCUT2D eigenvalue weighted by Crippen LogP contribution is 2.29. The Kier molecular flexibility index (Phi) is 9.08. The van der Waals surface area contributed by atoms with Crippen molar-refractivity contribution in [3.8, 4) is 11.3 Å². The third-order valence-corrected chi connectivity index (χ3v) is 7.88. The number of anilines is 3. The lowest BCUT2D eigenvalue weighted by atomic mass is 9.86. The van der Waals surface area contributed by atoms with E-state index in [1.54, 1.807) is 13.2 Å². The van der Waals surface area contributed by atoms with E-state index in [1.165, 1.54) is 15.7 Å². The average molecular weight is 580 g/mol. The number of amides is 1. The van der Waals surface area contributed by atoms with E-state index in [2.05, 4.69) is 48.4 Å². The minimum atomic E-state index is -0.224. The third-order valence-electron chi connectivity index (χ3n) is 7.88. The second-order valence-electron chi connectivity index (χ2n) is 12.2. The summed E-state index contributed by atoms with van der Waals surface area (Å²) in [6, 6.07) is 21.5. The summed E-state index contributed by atoms with van der Waals surface area (Å²) in [7, 11) is 1.72. The van der Waals surface area contributed by atoms with Crippen LogP contribution in [0, 0.1) is 6.92 Å². The number of hydrogen-bond donors (Lipinski definition) is 2. The Morgan fingerprint density at radius 1 is 0.977 bits per heavy atom. The summed E-state index contributed by atoms with van der Waals surface area (Å²) in [5.74, 6) is 0.0642. The highest BCUT2D eigenvalue weighted by atomic mass is 16.5. The summed E-state index contributed by atoms with van der Waals surface area (Å²) < 4.78 is 7.09. The van der Waals surface area contributed by atoms with Gasteiger partial charge < -0.3 is 19.9 Å². The second-order valence-corrected chi connectivity index (χ2v) is 12.2. The van der Waals surface area contributed by atoms with E-state index in [-0.39, 0.29) is 22.7 Å². The van der Waals surface area contributed by atoms with Crippen molar-refractivity contribution in [3.63, 3.8) is 0 Å². The molecule has 43 heavy (non-hydrogen) atoms. The fraction of sp³-hybridized carbons (Fsp3) is 0.343. The van der Waals surface area contributed by atoms with Crippen LogP contribution in [0.15, 0.2) is 77.7 Å². The number of aryl methyl sites for hydroxylation is 1. The second kappa shape index (κ2) is 12.9. The number of carbonyl (C=O) groups excluding carboxylic acids is 1. The Bertz CT molecular complexity index is 1630. The minimum absolute atomic E-state index is 0.0163. The molecule has 1 aliphatic heterocycles. The lowest BCUT2D eigenvalue weighted by molar-refractivity contribution is 0.102. The van der Waals surface area contributed by atoms with E-state index < -0.39 is 0 Å². The Morgan fingerprint density at radius 2 is 1.72 bits per heavy atom. The van der Waals surface area contributed by atoms with Crippen molar-refractivity contribution >= 4 is 23.1 Å². The van der Waals surface area contributed by atoms with Crippen LogP contribution in [0.4, 0.5) is 17.2 Å². The van der Waals surface area contributed by atoms with Crippen LogP contribution in [0.1, 0.15) is 54.2 Å². The number of nitrogens with zero attached hydrogens (tertiary/aromatic N) is 3. The molecule has 224 valence electrons. The van der Waals surface area contributed by atoms with Crippen LogP contribution in [-0.4, -0.2) is 46.7 Å². The molecule has 2 N–H and O–H groups in total. The molecule has 1 saturated heterocycles. The van der Waals surface area contributed by atoms with E-state index in [0.29, 0.717) is 16.9 Å². The smallest absolute Gasteiger partial charge is 0.293 e. The summed E-state index contributed by atoms with van der Waals surface area (Å²) >= 11 is 0. The lowest BCUT2D eigenvalue weighted by Gasteiger charge is -2.19. The highest BCUT2D eigenvalue weighted by molar-refractivity contribution is 6.05. The molecular formula is C35H41N5O3. The Balaban J connectivity index is 1.33. The molecule has 5 rings (SSSR count). The van der Waals surface area contributed by atoms with Crippen molar-refractivity contribution in [1.82, 2.24) is 14.5 Å². The highest BCUT2D eigenvalue weighted by Gasteiger charge is 2.17.